The van der Waals surface area contributed by atoms with Gasteiger partial charge in [-0.15, -0.1) is 0 Å². The predicted molar refractivity (Wildman–Crippen MR) is 119 cm³/mol. The van der Waals surface area contributed by atoms with Crippen LogP contribution in [0, 0.1) is 4.77 Å². The first-order valence-electron chi connectivity index (χ1n) is 9.33. The lowest BCUT2D eigenvalue weighted by molar-refractivity contribution is -0.143. The van der Waals surface area contributed by atoms with Gasteiger partial charge in [-0.25, -0.2) is 14.2 Å². The molecular weight excluding hydrogens is 437 g/mol. The number of furan rings is 1. The zero-order valence-corrected chi connectivity index (χ0v) is 17.4. The van der Waals surface area contributed by atoms with Crippen molar-refractivity contribution in [2.45, 2.75) is 6.17 Å². The van der Waals surface area contributed by atoms with Crippen LogP contribution < -0.4 is 5.56 Å². The summed E-state index contributed by atoms with van der Waals surface area (Å²) in [7, 11) is 0.997. The fraction of sp³-hybridized carbons (Fsp3) is 0.0909. The van der Waals surface area contributed by atoms with E-state index < -0.39 is 34.9 Å². The highest BCUT2D eigenvalue weighted by Gasteiger charge is 2.30. The fourth-order valence-corrected chi connectivity index (χ4v) is 3.32. The Morgan fingerprint density at radius 2 is 1.91 bits per heavy atom. The molecule has 0 fully saturated rings. The fourth-order valence-electron chi connectivity index (χ4n) is 3.13. The lowest BCUT2D eigenvalue weighted by Crippen LogP contribution is -2.32. The molecule has 0 aliphatic heterocycles. The van der Waals surface area contributed by atoms with Gasteiger partial charge in [-0.1, -0.05) is 18.2 Å². The number of methoxy groups -OCH3 is 1. The Balaban J connectivity index is 1.77. The van der Waals surface area contributed by atoms with Gasteiger partial charge in [0.25, 0.3) is 5.56 Å². The van der Waals surface area contributed by atoms with E-state index in [0.717, 1.165) is 23.6 Å². The first kappa shape index (κ1) is 21.2. The molecule has 1 atom stereocenters. The SMILES string of the molecule is COC(=O)C(F)C(=Nc1ccc(-c2cc3ccccc3o2)cc1)c1c(O)[nH]c(=S)[nH]c1=O. The maximum Gasteiger partial charge on any atom is 0.346 e. The minimum Gasteiger partial charge on any atom is -0.494 e. The summed E-state index contributed by atoms with van der Waals surface area (Å²) in [5, 5.41) is 11.1. The van der Waals surface area contributed by atoms with Gasteiger partial charge >= 0.3 is 5.97 Å². The summed E-state index contributed by atoms with van der Waals surface area (Å²) >= 11 is 4.78. The summed E-state index contributed by atoms with van der Waals surface area (Å²) in [5.74, 6) is -1.36. The van der Waals surface area contributed by atoms with Crippen molar-refractivity contribution in [3.8, 4) is 17.2 Å². The van der Waals surface area contributed by atoms with Crippen LogP contribution in [0.5, 0.6) is 5.88 Å². The van der Waals surface area contributed by atoms with E-state index in [1.54, 1.807) is 24.3 Å². The molecule has 162 valence electrons. The lowest BCUT2D eigenvalue weighted by atomic mass is 10.1. The topological polar surface area (TPSA) is 121 Å². The van der Waals surface area contributed by atoms with Crippen molar-refractivity contribution in [1.82, 2.24) is 9.97 Å². The molecule has 2 heterocycles. The van der Waals surface area contributed by atoms with Crippen LogP contribution in [0.1, 0.15) is 5.56 Å². The number of H-pyrrole nitrogens is 2. The molecule has 3 N–H and O–H groups in total. The number of rotatable bonds is 5. The molecule has 2 aromatic heterocycles. The van der Waals surface area contributed by atoms with Crippen molar-refractivity contribution in [1.29, 1.82) is 0 Å². The van der Waals surface area contributed by atoms with E-state index in [9.17, 15) is 19.1 Å². The van der Waals surface area contributed by atoms with Crippen LogP contribution in [-0.4, -0.2) is 40.0 Å². The number of alkyl halides is 1. The molecule has 0 saturated heterocycles. The van der Waals surface area contributed by atoms with Gasteiger partial charge in [0.05, 0.1) is 12.8 Å². The van der Waals surface area contributed by atoms with Gasteiger partial charge < -0.3 is 19.2 Å². The molecule has 4 rings (SSSR count). The van der Waals surface area contributed by atoms with E-state index in [0.29, 0.717) is 5.76 Å². The van der Waals surface area contributed by atoms with E-state index in [-0.39, 0.29) is 10.5 Å². The monoisotopic (exact) mass is 453 g/mol. The van der Waals surface area contributed by atoms with Crippen LogP contribution >= 0.6 is 12.2 Å². The summed E-state index contributed by atoms with van der Waals surface area (Å²) in [6.07, 6.45) is -2.42. The number of carbonyl (C=O) groups is 1. The lowest BCUT2D eigenvalue weighted by Gasteiger charge is -2.11. The number of hydrogen-bond donors (Lipinski definition) is 3. The summed E-state index contributed by atoms with van der Waals surface area (Å²) in [5.41, 5.74) is -0.378. The van der Waals surface area contributed by atoms with Gasteiger partial charge in [0.2, 0.25) is 12.1 Å². The number of hydrogen-bond acceptors (Lipinski definition) is 7. The molecule has 0 aliphatic carbocycles. The molecule has 0 radical (unpaired) electrons. The molecule has 1 unspecified atom stereocenters. The van der Waals surface area contributed by atoms with Gasteiger partial charge in [-0.2, -0.15) is 0 Å². The summed E-state index contributed by atoms with van der Waals surface area (Å²) in [4.78, 5) is 32.8. The first-order chi connectivity index (χ1) is 15.4. The highest BCUT2D eigenvalue weighted by molar-refractivity contribution is 7.71. The number of nitrogens with one attached hydrogen (secondary N) is 2. The molecule has 0 saturated carbocycles. The second kappa shape index (κ2) is 8.60. The number of ether oxygens (including phenoxy) is 1. The quantitative estimate of drug-likeness (QED) is 0.237. The number of fused-ring (bicyclic) bond motifs is 1. The molecule has 10 heteroatoms. The Kier molecular flexibility index (Phi) is 5.69. The van der Waals surface area contributed by atoms with Gasteiger partial charge in [-0.05, 0) is 48.6 Å². The van der Waals surface area contributed by atoms with Crippen LogP contribution in [0.3, 0.4) is 0 Å². The maximum absolute atomic E-state index is 14.8. The number of carbonyl (C=O) groups excluding carboxylic acids is 1. The van der Waals surface area contributed by atoms with Gasteiger partial charge in [0.15, 0.2) is 4.77 Å². The Morgan fingerprint density at radius 1 is 1.19 bits per heavy atom. The Morgan fingerprint density at radius 3 is 2.56 bits per heavy atom. The third kappa shape index (κ3) is 4.08. The normalized spacial score (nSPS) is 12.6. The summed E-state index contributed by atoms with van der Waals surface area (Å²) < 4.78 is 24.9. The molecule has 0 aliphatic rings. The van der Waals surface area contributed by atoms with E-state index in [1.807, 2.05) is 30.3 Å². The minimum absolute atomic E-state index is 0.167. The second-order valence-electron chi connectivity index (χ2n) is 6.71. The standard InChI is InChI=1S/C22H16FN3O5S/c1-30-21(29)17(23)18(16-19(27)25-22(32)26-20(16)28)24-13-8-6-11(7-9-13)15-10-12-4-2-3-5-14(12)31-15/h2-10,17H,1H3,(H3,25,26,27,28,32). The average Bonchev–Trinajstić information content (AvgIpc) is 3.21. The highest BCUT2D eigenvalue weighted by Crippen LogP contribution is 2.29. The Hall–Kier alpha value is -4.05. The zero-order chi connectivity index (χ0) is 22.8. The van der Waals surface area contributed by atoms with Crippen molar-refractivity contribution >= 4 is 40.6 Å². The van der Waals surface area contributed by atoms with Gasteiger partial charge in [0, 0.05) is 10.9 Å². The van der Waals surface area contributed by atoms with Gasteiger partial charge in [-0.3, -0.25) is 9.78 Å². The van der Waals surface area contributed by atoms with E-state index in [1.165, 1.54) is 0 Å². The van der Waals surface area contributed by atoms with Crippen molar-refractivity contribution in [2.75, 3.05) is 7.11 Å². The van der Waals surface area contributed by atoms with Crippen molar-refractivity contribution in [3.63, 3.8) is 0 Å². The number of aromatic hydroxyl groups is 1. The zero-order valence-electron chi connectivity index (χ0n) is 16.6. The number of halogens is 1. The summed E-state index contributed by atoms with van der Waals surface area (Å²) in [6.45, 7) is 0. The third-order valence-electron chi connectivity index (χ3n) is 4.65. The maximum atomic E-state index is 14.8. The number of esters is 1. The molecule has 0 bridgehead atoms. The first-order valence-corrected chi connectivity index (χ1v) is 9.73. The van der Waals surface area contributed by atoms with Crippen LogP contribution in [-0.2, 0) is 9.53 Å². The third-order valence-corrected chi connectivity index (χ3v) is 4.86. The van der Waals surface area contributed by atoms with E-state index in [4.69, 9.17) is 16.6 Å². The van der Waals surface area contributed by atoms with Crippen LogP contribution in [0.15, 0.2) is 68.8 Å². The molecule has 0 spiro atoms. The van der Waals surface area contributed by atoms with E-state index in [2.05, 4.69) is 19.7 Å². The highest BCUT2D eigenvalue weighted by atomic mass is 32.1. The molecule has 2 aromatic carbocycles. The van der Waals surface area contributed by atoms with E-state index >= 15 is 0 Å². The number of aromatic amines is 2. The Bertz CT molecular complexity index is 1420. The van der Waals surface area contributed by atoms with Crippen LogP contribution in [0.2, 0.25) is 0 Å². The summed E-state index contributed by atoms with van der Waals surface area (Å²) in [6, 6.07) is 16.0. The number of aliphatic imine (C=N–C) groups is 1. The minimum atomic E-state index is -2.42. The predicted octanol–water partition coefficient (Wildman–Crippen LogP) is 4.18. The Labute approximate surface area is 185 Å². The van der Waals surface area contributed by atoms with Crippen molar-refractivity contribution < 1.29 is 23.4 Å². The number of nitrogens with zero attached hydrogens (tertiary/aromatic N) is 1. The van der Waals surface area contributed by atoms with Gasteiger partial charge in [0.1, 0.15) is 22.6 Å². The van der Waals surface area contributed by atoms with Crippen molar-refractivity contribution in [2.24, 2.45) is 4.99 Å². The molecule has 4 aromatic rings. The average molecular weight is 453 g/mol. The smallest absolute Gasteiger partial charge is 0.346 e. The van der Waals surface area contributed by atoms with Crippen LogP contribution in [0.25, 0.3) is 22.3 Å². The van der Waals surface area contributed by atoms with Crippen molar-refractivity contribution in [3.05, 3.63) is 75.3 Å². The molecule has 32 heavy (non-hydrogen) atoms. The number of para-hydroxylation sites is 1. The second-order valence-corrected chi connectivity index (χ2v) is 7.12. The number of benzene rings is 2. The molecular formula is C22H16FN3O5S. The largest absolute Gasteiger partial charge is 0.494 e. The van der Waals surface area contributed by atoms with Crippen LogP contribution in [0.4, 0.5) is 10.1 Å². The molecule has 8 nitrogen and oxygen atoms in total. The number of aromatic nitrogens is 2. The molecule has 0 amide bonds.